The van der Waals surface area contributed by atoms with E-state index in [1.54, 1.807) is 0 Å². The minimum atomic E-state index is 0.658. The smallest absolute Gasteiger partial charge is 0.0332 e. The van der Waals surface area contributed by atoms with Gasteiger partial charge in [-0.3, -0.25) is 4.90 Å². The number of hydrogen-bond acceptors (Lipinski definition) is 3. The van der Waals surface area contributed by atoms with Gasteiger partial charge in [-0.25, -0.2) is 0 Å². The summed E-state index contributed by atoms with van der Waals surface area (Å²) in [5.41, 5.74) is 0. The summed E-state index contributed by atoms with van der Waals surface area (Å²) >= 11 is 1.98. The first-order chi connectivity index (χ1) is 8.72. The molecule has 3 heteroatoms. The molecule has 0 aliphatic carbocycles. The lowest BCUT2D eigenvalue weighted by Crippen LogP contribution is -2.54. The molecule has 1 fully saturated rings. The van der Waals surface area contributed by atoms with Crippen molar-refractivity contribution in [1.82, 2.24) is 10.2 Å². The van der Waals surface area contributed by atoms with Crippen LogP contribution in [0.2, 0.25) is 0 Å². The Morgan fingerprint density at radius 2 is 2.11 bits per heavy atom. The van der Waals surface area contributed by atoms with Crippen molar-refractivity contribution in [3.8, 4) is 0 Å². The molecule has 1 aromatic rings. The van der Waals surface area contributed by atoms with Crippen LogP contribution in [-0.4, -0.2) is 30.1 Å². The van der Waals surface area contributed by atoms with Gasteiger partial charge in [-0.05, 0) is 31.9 Å². The molecule has 1 aromatic heterocycles. The van der Waals surface area contributed by atoms with E-state index in [9.17, 15) is 0 Å². The maximum absolute atomic E-state index is 3.66. The van der Waals surface area contributed by atoms with Gasteiger partial charge in [0.05, 0.1) is 0 Å². The van der Waals surface area contributed by atoms with E-state index in [0.29, 0.717) is 12.1 Å². The number of piperazine rings is 1. The molecule has 2 nitrogen and oxygen atoms in total. The van der Waals surface area contributed by atoms with Crippen molar-refractivity contribution in [1.29, 1.82) is 0 Å². The minimum absolute atomic E-state index is 0.658. The van der Waals surface area contributed by atoms with Gasteiger partial charge in [-0.15, -0.1) is 11.3 Å². The average Bonchev–Trinajstić information content (AvgIpc) is 2.81. The Hall–Kier alpha value is -0.380. The molecule has 0 saturated carbocycles. The Bertz CT molecular complexity index is 361. The summed E-state index contributed by atoms with van der Waals surface area (Å²) in [6, 6.07) is 5.95. The van der Waals surface area contributed by atoms with Crippen LogP contribution < -0.4 is 5.32 Å². The van der Waals surface area contributed by atoms with Gasteiger partial charge in [0.15, 0.2) is 0 Å². The molecule has 102 valence electrons. The van der Waals surface area contributed by atoms with Gasteiger partial charge in [0.2, 0.25) is 0 Å². The van der Waals surface area contributed by atoms with Crippen LogP contribution in [0.1, 0.15) is 43.4 Å². The highest BCUT2D eigenvalue weighted by Gasteiger charge is 2.24. The molecule has 0 bridgehead atoms. The van der Waals surface area contributed by atoms with E-state index >= 15 is 0 Å². The van der Waals surface area contributed by atoms with Gasteiger partial charge in [0, 0.05) is 41.5 Å². The monoisotopic (exact) mass is 266 g/mol. The van der Waals surface area contributed by atoms with Gasteiger partial charge in [-0.2, -0.15) is 0 Å². The molecular formula is C15H26N2S. The summed E-state index contributed by atoms with van der Waals surface area (Å²) in [6.45, 7) is 10.3. The largest absolute Gasteiger partial charge is 0.311 e. The van der Waals surface area contributed by atoms with E-state index in [0.717, 1.165) is 13.1 Å². The maximum Gasteiger partial charge on any atom is 0.0332 e. The van der Waals surface area contributed by atoms with E-state index in [2.05, 4.69) is 43.1 Å². The number of rotatable bonds is 5. The molecule has 2 atom stereocenters. The van der Waals surface area contributed by atoms with Gasteiger partial charge < -0.3 is 5.32 Å². The highest BCUT2D eigenvalue weighted by molar-refractivity contribution is 7.11. The van der Waals surface area contributed by atoms with Crippen molar-refractivity contribution in [2.24, 2.45) is 0 Å². The maximum atomic E-state index is 3.66. The van der Waals surface area contributed by atoms with E-state index in [1.165, 1.54) is 35.6 Å². The predicted molar refractivity (Wildman–Crippen MR) is 80.3 cm³/mol. The molecule has 0 spiro atoms. The second kappa shape index (κ2) is 6.69. The second-order valence-corrected chi connectivity index (χ2v) is 6.65. The summed E-state index contributed by atoms with van der Waals surface area (Å²) in [7, 11) is 0. The Morgan fingerprint density at radius 3 is 2.78 bits per heavy atom. The molecule has 2 heterocycles. The fourth-order valence-electron chi connectivity index (χ4n) is 2.65. The van der Waals surface area contributed by atoms with E-state index in [4.69, 9.17) is 0 Å². The van der Waals surface area contributed by atoms with Gasteiger partial charge in [0.25, 0.3) is 0 Å². The number of aryl methyl sites for hydroxylation is 1. The van der Waals surface area contributed by atoms with Gasteiger partial charge in [0.1, 0.15) is 0 Å². The molecule has 2 rings (SSSR count). The van der Waals surface area contributed by atoms with E-state index in [1.807, 2.05) is 11.3 Å². The number of thiophene rings is 1. The van der Waals surface area contributed by atoms with Crippen molar-refractivity contribution >= 4 is 11.3 Å². The molecule has 1 aliphatic rings. The standard InChI is InChI=1S/C15H26N2S/c1-4-6-13-10-17(12(3)9-16-13)11-15-8-7-14(5-2)18-15/h7-8,12-13,16H,4-6,9-11H2,1-3H3. The highest BCUT2D eigenvalue weighted by atomic mass is 32.1. The zero-order chi connectivity index (χ0) is 13.0. The van der Waals surface area contributed by atoms with Crippen molar-refractivity contribution in [2.45, 2.75) is 58.7 Å². The molecule has 1 aliphatic heterocycles. The summed E-state index contributed by atoms with van der Waals surface area (Å²) in [5, 5.41) is 3.66. The summed E-state index contributed by atoms with van der Waals surface area (Å²) in [6.07, 6.45) is 3.74. The van der Waals surface area contributed by atoms with Crippen LogP contribution in [0.5, 0.6) is 0 Å². The molecule has 0 radical (unpaired) electrons. The van der Waals surface area contributed by atoms with Crippen molar-refractivity contribution in [2.75, 3.05) is 13.1 Å². The summed E-state index contributed by atoms with van der Waals surface area (Å²) < 4.78 is 0. The lowest BCUT2D eigenvalue weighted by molar-refractivity contribution is 0.130. The third kappa shape index (κ3) is 3.56. The van der Waals surface area contributed by atoms with Crippen LogP contribution >= 0.6 is 11.3 Å². The zero-order valence-electron chi connectivity index (χ0n) is 11.9. The lowest BCUT2D eigenvalue weighted by Gasteiger charge is -2.38. The molecule has 18 heavy (non-hydrogen) atoms. The first kappa shape index (κ1) is 14.0. The molecule has 1 saturated heterocycles. The van der Waals surface area contributed by atoms with Crippen LogP contribution in [0.3, 0.4) is 0 Å². The van der Waals surface area contributed by atoms with Crippen LogP contribution in [0.4, 0.5) is 0 Å². The van der Waals surface area contributed by atoms with Crippen LogP contribution in [-0.2, 0) is 13.0 Å². The van der Waals surface area contributed by atoms with Gasteiger partial charge >= 0.3 is 0 Å². The second-order valence-electron chi connectivity index (χ2n) is 5.39. The van der Waals surface area contributed by atoms with Crippen molar-refractivity contribution in [3.05, 3.63) is 21.9 Å². The van der Waals surface area contributed by atoms with Crippen LogP contribution in [0.25, 0.3) is 0 Å². The number of nitrogens with one attached hydrogen (secondary N) is 1. The Morgan fingerprint density at radius 1 is 1.33 bits per heavy atom. The number of nitrogens with zero attached hydrogens (tertiary/aromatic N) is 1. The third-order valence-corrected chi connectivity index (χ3v) is 5.06. The topological polar surface area (TPSA) is 15.3 Å². The Kier molecular flexibility index (Phi) is 5.22. The van der Waals surface area contributed by atoms with E-state index < -0.39 is 0 Å². The van der Waals surface area contributed by atoms with Gasteiger partial charge in [-0.1, -0.05) is 20.3 Å². The SMILES string of the molecule is CCCC1CN(Cc2ccc(CC)s2)C(C)CN1. The molecule has 1 N–H and O–H groups in total. The van der Waals surface area contributed by atoms with Crippen molar-refractivity contribution in [3.63, 3.8) is 0 Å². The highest BCUT2D eigenvalue weighted by Crippen LogP contribution is 2.21. The fraction of sp³-hybridized carbons (Fsp3) is 0.733. The van der Waals surface area contributed by atoms with E-state index in [-0.39, 0.29) is 0 Å². The molecule has 0 aromatic carbocycles. The predicted octanol–water partition coefficient (Wildman–Crippen LogP) is 3.27. The normalized spacial score (nSPS) is 25.5. The quantitative estimate of drug-likeness (QED) is 0.880. The Labute approximate surface area is 115 Å². The fourth-order valence-corrected chi connectivity index (χ4v) is 3.64. The minimum Gasteiger partial charge on any atom is -0.311 e. The van der Waals surface area contributed by atoms with Crippen LogP contribution in [0, 0.1) is 0 Å². The van der Waals surface area contributed by atoms with Crippen LogP contribution in [0.15, 0.2) is 12.1 Å². The first-order valence-corrected chi connectivity index (χ1v) is 8.09. The lowest BCUT2D eigenvalue weighted by atomic mass is 10.1. The van der Waals surface area contributed by atoms with Crippen molar-refractivity contribution < 1.29 is 0 Å². The summed E-state index contributed by atoms with van der Waals surface area (Å²) in [5.74, 6) is 0. The number of hydrogen-bond donors (Lipinski definition) is 1. The average molecular weight is 266 g/mol. The molecule has 2 unspecified atom stereocenters. The third-order valence-electron chi connectivity index (χ3n) is 3.84. The zero-order valence-corrected chi connectivity index (χ0v) is 12.7. The molecule has 0 amide bonds. The first-order valence-electron chi connectivity index (χ1n) is 7.28. The summed E-state index contributed by atoms with van der Waals surface area (Å²) in [4.78, 5) is 5.68. The molecular weight excluding hydrogens is 240 g/mol. The Balaban J connectivity index is 1.93.